The Bertz CT molecular complexity index is 703. The number of carbonyl (C=O) groups excluding carboxylic acids is 1. The minimum absolute atomic E-state index is 0.0154. The number of phenolic OH excluding ortho intramolecular Hbond substituents is 2. The summed E-state index contributed by atoms with van der Waals surface area (Å²) in [5.74, 6) is -0.919. The van der Waals surface area contributed by atoms with Crippen molar-refractivity contribution < 1.29 is 19.4 Å². The lowest BCUT2D eigenvalue weighted by Crippen LogP contribution is -1.98. The zero-order valence-electron chi connectivity index (χ0n) is 12.2. The van der Waals surface area contributed by atoms with E-state index in [0.717, 1.165) is 6.42 Å². The molecule has 0 spiro atoms. The molecule has 22 heavy (non-hydrogen) atoms. The standard InChI is InChI=1S/C18H17FO3/c1-2-3-14-17(21)11-9-15(18(14)22)16(20)10-6-12-4-7-13(19)8-5-12/h4-11,21-22H,2-3H2,1H3/b10-6+. The Balaban J connectivity index is 2.26. The molecule has 0 saturated heterocycles. The van der Waals surface area contributed by atoms with Crippen LogP contribution in [0, 0.1) is 5.82 Å². The fourth-order valence-electron chi connectivity index (χ4n) is 2.16. The maximum Gasteiger partial charge on any atom is 0.189 e. The molecule has 0 aliphatic heterocycles. The van der Waals surface area contributed by atoms with Crippen LogP contribution in [-0.4, -0.2) is 16.0 Å². The van der Waals surface area contributed by atoms with Gasteiger partial charge in [0.25, 0.3) is 0 Å². The van der Waals surface area contributed by atoms with E-state index in [0.29, 0.717) is 17.5 Å². The van der Waals surface area contributed by atoms with Crippen LogP contribution in [0.3, 0.4) is 0 Å². The maximum absolute atomic E-state index is 12.8. The van der Waals surface area contributed by atoms with Crippen molar-refractivity contribution in [3.63, 3.8) is 0 Å². The van der Waals surface area contributed by atoms with Gasteiger partial charge in [-0.2, -0.15) is 0 Å². The third-order valence-electron chi connectivity index (χ3n) is 3.32. The summed E-state index contributed by atoms with van der Waals surface area (Å²) in [6, 6.07) is 8.52. The van der Waals surface area contributed by atoms with E-state index in [1.807, 2.05) is 6.92 Å². The fourth-order valence-corrected chi connectivity index (χ4v) is 2.16. The lowest BCUT2D eigenvalue weighted by atomic mass is 10.0. The van der Waals surface area contributed by atoms with Crippen molar-refractivity contribution in [2.45, 2.75) is 19.8 Å². The van der Waals surface area contributed by atoms with E-state index in [1.165, 1.54) is 30.3 Å². The molecule has 0 bridgehead atoms. The molecule has 0 saturated carbocycles. The fraction of sp³-hybridized carbons (Fsp3) is 0.167. The molecule has 3 nitrogen and oxygen atoms in total. The minimum Gasteiger partial charge on any atom is -0.508 e. The topological polar surface area (TPSA) is 57.5 Å². The Morgan fingerprint density at radius 1 is 1.14 bits per heavy atom. The highest BCUT2D eigenvalue weighted by molar-refractivity contribution is 6.09. The van der Waals surface area contributed by atoms with E-state index in [-0.39, 0.29) is 28.7 Å². The summed E-state index contributed by atoms with van der Waals surface area (Å²) in [4.78, 5) is 12.2. The lowest BCUT2D eigenvalue weighted by molar-refractivity contribution is 0.104. The average molecular weight is 300 g/mol. The predicted octanol–water partition coefficient (Wildman–Crippen LogP) is 4.09. The van der Waals surface area contributed by atoms with Gasteiger partial charge in [-0.15, -0.1) is 0 Å². The van der Waals surface area contributed by atoms with Gasteiger partial charge in [0.05, 0.1) is 5.56 Å². The summed E-state index contributed by atoms with van der Waals surface area (Å²) in [6.45, 7) is 1.92. The smallest absolute Gasteiger partial charge is 0.189 e. The molecule has 4 heteroatoms. The molecule has 2 aromatic carbocycles. The van der Waals surface area contributed by atoms with Crippen molar-refractivity contribution in [2.24, 2.45) is 0 Å². The van der Waals surface area contributed by atoms with Crippen molar-refractivity contribution in [3.05, 3.63) is 65.0 Å². The summed E-state index contributed by atoms with van der Waals surface area (Å²) < 4.78 is 12.8. The molecule has 0 aromatic heterocycles. The zero-order chi connectivity index (χ0) is 16.1. The molecule has 2 aromatic rings. The monoisotopic (exact) mass is 300 g/mol. The SMILES string of the molecule is CCCc1c(O)ccc(C(=O)/C=C/c2ccc(F)cc2)c1O. The van der Waals surface area contributed by atoms with Crippen molar-refractivity contribution >= 4 is 11.9 Å². The molecule has 0 radical (unpaired) electrons. The lowest BCUT2D eigenvalue weighted by Gasteiger charge is -2.09. The second kappa shape index (κ2) is 6.89. The molecular weight excluding hydrogens is 283 g/mol. The van der Waals surface area contributed by atoms with Gasteiger partial charge in [0.1, 0.15) is 17.3 Å². The van der Waals surface area contributed by atoms with Gasteiger partial charge in [0.2, 0.25) is 0 Å². The third-order valence-corrected chi connectivity index (χ3v) is 3.32. The second-order valence-electron chi connectivity index (χ2n) is 4.96. The van der Waals surface area contributed by atoms with Gasteiger partial charge in [0, 0.05) is 5.56 Å². The first kappa shape index (κ1) is 15.8. The largest absolute Gasteiger partial charge is 0.508 e. The van der Waals surface area contributed by atoms with Gasteiger partial charge >= 0.3 is 0 Å². The number of ketones is 1. The van der Waals surface area contributed by atoms with Crippen LogP contribution in [0.2, 0.25) is 0 Å². The Labute approximate surface area is 128 Å². The first-order valence-electron chi connectivity index (χ1n) is 7.04. The van der Waals surface area contributed by atoms with E-state index < -0.39 is 0 Å². The molecule has 2 rings (SSSR count). The number of hydrogen-bond donors (Lipinski definition) is 2. The molecule has 0 heterocycles. The number of allylic oxidation sites excluding steroid dienone is 1. The number of hydrogen-bond acceptors (Lipinski definition) is 3. The Morgan fingerprint density at radius 2 is 1.82 bits per heavy atom. The minimum atomic E-state index is -0.376. The molecule has 114 valence electrons. The van der Waals surface area contributed by atoms with Gasteiger partial charge in [-0.25, -0.2) is 4.39 Å². The second-order valence-corrected chi connectivity index (χ2v) is 4.96. The summed E-state index contributed by atoms with van der Waals surface area (Å²) in [5.41, 5.74) is 1.20. The van der Waals surface area contributed by atoms with E-state index in [1.54, 1.807) is 18.2 Å². The number of aromatic hydroxyl groups is 2. The Hall–Kier alpha value is -2.62. The number of carbonyl (C=O) groups is 1. The van der Waals surface area contributed by atoms with Gasteiger partial charge in [-0.3, -0.25) is 4.79 Å². The molecule has 0 fully saturated rings. The number of phenols is 2. The summed E-state index contributed by atoms with van der Waals surface area (Å²) in [6.07, 6.45) is 4.09. The number of halogens is 1. The van der Waals surface area contributed by atoms with Gasteiger partial charge in [0.15, 0.2) is 5.78 Å². The van der Waals surface area contributed by atoms with Crippen molar-refractivity contribution in [1.82, 2.24) is 0 Å². The van der Waals surface area contributed by atoms with Crippen molar-refractivity contribution in [2.75, 3.05) is 0 Å². The van der Waals surface area contributed by atoms with Gasteiger partial charge < -0.3 is 10.2 Å². The molecule has 2 N–H and O–H groups in total. The van der Waals surface area contributed by atoms with Crippen molar-refractivity contribution in [1.29, 1.82) is 0 Å². The molecule has 0 aliphatic carbocycles. The van der Waals surface area contributed by atoms with Crippen LogP contribution in [0.5, 0.6) is 11.5 Å². The van der Waals surface area contributed by atoms with Gasteiger partial charge in [-0.1, -0.05) is 31.6 Å². The highest BCUT2D eigenvalue weighted by Gasteiger charge is 2.15. The molecule has 0 unspecified atom stereocenters. The first-order valence-corrected chi connectivity index (χ1v) is 7.04. The van der Waals surface area contributed by atoms with Crippen LogP contribution in [0.15, 0.2) is 42.5 Å². The quantitative estimate of drug-likeness (QED) is 0.646. The van der Waals surface area contributed by atoms with Crippen LogP contribution in [0.1, 0.15) is 34.8 Å². The summed E-state index contributed by atoms with van der Waals surface area (Å²) in [7, 11) is 0. The van der Waals surface area contributed by atoms with E-state index >= 15 is 0 Å². The van der Waals surface area contributed by atoms with Crippen LogP contribution >= 0.6 is 0 Å². The van der Waals surface area contributed by atoms with Crippen molar-refractivity contribution in [3.8, 4) is 11.5 Å². The highest BCUT2D eigenvalue weighted by Crippen LogP contribution is 2.32. The maximum atomic E-state index is 12.8. The van der Waals surface area contributed by atoms with Crippen LogP contribution in [0.4, 0.5) is 4.39 Å². The first-order chi connectivity index (χ1) is 10.5. The van der Waals surface area contributed by atoms with E-state index in [4.69, 9.17) is 0 Å². The molecular formula is C18H17FO3. The summed E-state index contributed by atoms with van der Waals surface area (Å²) in [5, 5.41) is 19.9. The molecule has 0 atom stereocenters. The van der Waals surface area contributed by atoms with E-state index in [9.17, 15) is 19.4 Å². The highest BCUT2D eigenvalue weighted by atomic mass is 19.1. The third kappa shape index (κ3) is 3.52. The molecule has 0 amide bonds. The van der Waals surface area contributed by atoms with Crippen LogP contribution < -0.4 is 0 Å². The predicted molar refractivity (Wildman–Crippen MR) is 83.5 cm³/mol. The number of benzene rings is 2. The zero-order valence-corrected chi connectivity index (χ0v) is 12.2. The number of rotatable bonds is 5. The normalized spacial score (nSPS) is 11.0. The Kier molecular flexibility index (Phi) is 4.94. The summed E-state index contributed by atoms with van der Waals surface area (Å²) >= 11 is 0. The molecule has 0 aliphatic rings. The van der Waals surface area contributed by atoms with E-state index in [2.05, 4.69) is 0 Å². The van der Waals surface area contributed by atoms with Gasteiger partial charge in [-0.05, 0) is 42.3 Å². The average Bonchev–Trinajstić information content (AvgIpc) is 2.50. The van der Waals surface area contributed by atoms with Crippen LogP contribution in [0.25, 0.3) is 6.08 Å². The Morgan fingerprint density at radius 3 is 2.45 bits per heavy atom. The van der Waals surface area contributed by atoms with Crippen LogP contribution in [-0.2, 0) is 6.42 Å².